The van der Waals surface area contributed by atoms with Crippen molar-refractivity contribution in [2.45, 2.75) is 10.1 Å². The predicted octanol–water partition coefficient (Wildman–Crippen LogP) is 3.28. The first kappa shape index (κ1) is 14.3. The second kappa shape index (κ2) is 6.91. The lowest BCUT2D eigenvalue weighted by molar-refractivity contribution is -0.115. The minimum absolute atomic E-state index is 0.142. The number of thioether (sulfide) groups is 1. The molecule has 0 aliphatic carbocycles. The van der Waals surface area contributed by atoms with Gasteiger partial charge in [-0.1, -0.05) is 48.5 Å². The maximum atomic E-state index is 12.6. The highest BCUT2D eigenvalue weighted by atomic mass is 32.2. The van der Waals surface area contributed by atoms with Crippen LogP contribution in [0.5, 0.6) is 0 Å². The van der Waals surface area contributed by atoms with Crippen molar-refractivity contribution in [3.63, 3.8) is 0 Å². The number of carbonyl (C=O) groups excluding carboxylic acids is 1. The predicted molar refractivity (Wildman–Crippen MR) is 86.5 cm³/mol. The van der Waals surface area contributed by atoms with Crippen molar-refractivity contribution in [2.24, 2.45) is 0 Å². The minimum Gasteiger partial charge on any atom is -0.294 e. The first-order chi connectivity index (χ1) is 10.8. The van der Waals surface area contributed by atoms with E-state index in [-0.39, 0.29) is 11.2 Å². The Morgan fingerprint density at radius 2 is 1.73 bits per heavy atom. The SMILES string of the molecule is O=C(Nc1ncn[nH]1)C(Sc1ccccc1)c1ccccc1. The molecule has 1 atom stereocenters. The molecule has 0 radical (unpaired) electrons. The van der Waals surface area contributed by atoms with Crippen LogP contribution in [-0.4, -0.2) is 21.1 Å². The lowest BCUT2D eigenvalue weighted by atomic mass is 10.1. The molecule has 0 aliphatic heterocycles. The smallest absolute Gasteiger partial charge is 0.244 e. The summed E-state index contributed by atoms with van der Waals surface area (Å²) in [6.45, 7) is 0. The van der Waals surface area contributed by atoms with E-state index in [1.54, 1.807) is 0 Å². The Hall–Kier alpha value is -2.60. The molecule has 2 aromatic carbocycles. The van der Waals surface area contributed by atoms with Gasteiger partial charge in [0.1, 0.15) is 11.6 Å². The Morgan fingerprint density at radius 1 is 1.05 bits per heavy atom. The number of hydrogen-bond acceptors (Lipinski definition) is 4. The molecule has 22 heavy (non-hydrogen) atoms. The number of nitrogens with zero attached hydrogens (tertiary/aromatic N) is 2. The highest BCUT2D eigenvalue weighted by Gasteiger charge is 2.22. The van der Waals surface area contributed by atoms with Gasteiger partial charge in [-0.05, 0) is 17.7 Å². The number of anilines is 1. The first-order valence-electron chi connectivity index (χ1n) is 6.76. The average Bonchev–Trinajstić information content (AvgIpc) is 3.07. The highest BCUT2D eigenvalue weighted by molar-refractivity contribution is 8.00. The highest BCUT2D eigenvalue weighted by Crippen LogP contribution is 2.35. The molecule has 0 spiro atoms. The van der Waals surface area contributed by atoms with Crippen LogP contribution in [0.15, 0.2) is 71.9 Å². The molecular formula is C16H14N4OS. The fraction of sp³-hybridized carbons (Fsp3) is 0.0625. The molecule has 5 nitrogen and oxygen atoms in total. The molecule has 0 fully saturated rings. The van der Waals surface area contributed by atoms with Crippen LogP contribution in [0.1, 0.15) is 10.8 Å². The van der Waals surface area contributed by atoms with Gasteiger partial charge in [0.15, 0.2) is 0 Å². The number of hydrogen-bond donors (Lipinski definition) is 2. The van der Waals surface area contributed by atoms with E-state index in [1.165, 1.54) is 18.1 Å². The number of amides is 1. The molecular weight excluding hydrogens is 296 g/mol. The molecule has 0 saturated heterocycles. The third kappa shape index (κ3) is 3.53. The molecule has 1 aromatic heterocycles. The lowest BCUT2D eigenvalue weighted by Crippen LogP contribution is -2.19. The van der Waals surface area contributed by atoms with E-state index < -0.39 is 0 Å². The van der Waals surface area contributed by atoms with Crippen LogP contribution >= 0.6 is 11.8 Å². The third-order valence-corrected chi connectivity index (χ3v) is 4.26. The van der Waals surface area contributed by atoms with E-state index >= 15 is 0 Å². The summed E-state index contributed by atoms with van der Waals surface area (Å²) in [5.41, 5.74) is 0.938. The van der Waals surface area contributed by atoms with Gasteiger partial charge < -0.3 is 0 Å². The fourth-order valence-electron chi connectivity index (χ4n) is 1.98. The summed E-state index contributed by atoms with van der Waals surface area (Å²) in [4.78, 5) is 17.6. The number of benzene rings is 2. The maximum Gasteiger partial charge on any atom is 0.244 e. The second-order valence-electron chi connectivity index (χ2n) is 4.54. The van der Waals surface area contributed by atoms with E-state index in [0.29, 0.717) is 5.95 Å². The van der Waals surface area contributed by atoms with Crippen molar-refractivity contribution >= 4 is 23.6 Å². The minimum atomic E-state index is -0.367. The zero-order chi connectivity index (χ0) is 15.2. The first-order valence-corrected chi connectivity index (χ1v) is 7.64. The summed E-state index contributed by atoms with van der Waals surface area (Å²) in [5, 5.41) is 8.75. The Morgan fingerprint density at radius 3 is 2.36 bits per heavy atom. The fourth-order valence-corrected chi connectivity index (χ4v) is 3.03. The van der Waals surface area contributed by atoms with Gasteiger partial charge >= 0.3 is 0 Å². The summed E-state index contributed by atoms with van der Waals surface area (Å²) in [6.07, 6.45) is 1.36. The molecule has 1 heterocycles. The van der Waals surface area contributed by atoms with E-state index in [4.69, 9.17) is 0 Å². The van der Waals surface area contributed by atoms with Gasteiger partial charge in [-0.2, -0.15) is 10.1 Å². The summed E-state index contributed by atoms with van der Waals surface area (Å²) >= 11 is 1.50. The van der Waals surface area contributed by atoms with Gasteiger partial charge in [0.25, 0.3) is 0 Å². The number of carbonyl (C=O) groups is 1. The van der Waals surface area contributed by atoms with Crippen molar-refractivity contribution in [3.8, 4) is 0 Å². The van der Waals surface area contributed by atoms with Gasteiger partial charge in [-0.3, -0.25) is 10.1 Å². The van der Waals surface area contributed by atoms with Crippen LogP contribution in [0.4, 0.5) is 5.95 Å². The van der Waals surface area contributed by atoms with Crippen molar-refractivity contribution in [1.29, 1.82) is 0 Å². The van der Waals surface area contributed by atoms with Crippen LogP contribution in [0.2, 0.25) is 0 Å². The quantitative estimate of drug-likeness (QED) is 0.710. The molecule has 6 heteroatoms. The van der Waals surface area contributed by atoms with Crippen molar-refractivity contribution in [2.75, 3.05) is 5.32 Å². The zero-order valence-corrected chi connectivity index (χ0v) is 12.5. The molecule has 2 N–H and O–H groups in total. The molecule has 110 valence electrons. The van der Waals surface area contributed by atoms with Crippen molar-refractivity contribution in [3.05, 3.63) is 72.6 Å². The third-order valence-electron chi connectivity index (χ3n) is 2.99. The molecule has 1 amide bonds. The molecule has 1 unspecified atom stereocenters. The van der Waals surface area contributed by atoms with E-state index in [9.17, 15) is 4.79 Å². The molecule has 3 rings (SSSR count). The standard InChI is InChI=1S/C16H14N4OS/c21-15(19-16-17-11-18-20-16)14(12-7-3-1-4-8-12)22-13-9-5-2-6-10-13/h1-11,14H,(H2,17,18,19,20,21). The number of rotatable bonds is 5. The van der Waals surface area contributed by atoms with Gasteiger partial charge in [0, 0.05) is 4.90 Å². The molecule has 0 saturated carbocycles. The van der Waals surface area contributed by atoms with Gasteiger partial charge in [0.2, 0.25) is 11.9 Å². The number of nitrogens with one attached hydrogen (secondary N) is 2. The Balaban J connectivity index is 1.84. The van der Waals surface area contributed by atoms with Crippen LogP contribution < -0.4 is 5.32 Å². The topological polar surface area (TPSA) is 70.7 Å². The van der Waals surface area contributed by atoms with Crippen LogP contribution in [0, 0.1) is 0 Å². The number of H-pyrrole nitrogens is 1. The Kier molecular flexibility index (Phi) is 4.50. The monoisotopic (exact) mass is 310 g/mol. The van der Waals surface area contributed by atoms with Crippen LogP contribution in [-0.2, 0) is 4.79 Å². The number of aromatic amines is 1. The zero-order valence-electron chi connectivity index (χ0n) is 11.6. The Bertz CT molecular complexity index is 716. The van der Waals surface area contributed by atoms with Crippen LogP contribution in [0.3, 0.4) is 0 Å². The largest absolute Gasteiger partial charge is 0.294 e. The van der Waals surface area contributed by atoms with Gasteiger partial charge in [-0.25, -0.2) is 5.10 Å². The van der Waals surface area contributed by atoms with Crippen LogP contribution in [0.25, 0.3) is 0 Å². The van der Waals surface area contributed by atoms with Crippen molar-refractivity contribution in [1.82, 2.24) is 15.2 Å². The van der Waals surface area contributed by atoms with Gasteiger partial charge in [0.05, 0.1) is 0 Å². The van der Waals surface area contributed by atoms with Gasteiger partial charge in [-0.15, -0.1) is 11.8 Å². The normalized spacial score (nSPS) is 11.8. The van der Waals surface area contributed by atoms with Crippen molar-refractivity contribution < 1.29 is 4.79 Å². The summed E-state index contributed by atoms with van der Waals surface area (Å²) < 4.78 is 0. The average molecular weight is 310 g/mol. The van der Waals surface area contributed by atoms with E-state index in [2.05, 4.69) is 20.5 Å². The van der Waals surface area contributed by atoms with E-state index in [1.807, 2.05) is 60.7 Å². The number of aromatic nitrogens is 3. The summed E-state index contributed by atoms with van der Waals surface area (Å²) in [7, 11) is 0. The molecule has 3 aromatic rings. The summed E-state index contributed by atoms with van der Waals surface area (Å²) in [5.74, 6) is 0.205. The van der Waals surface area contributed by atoms with E-state index in [0.717, 1.165) is 10.5 Å². The second-order valence-corrected chi connectivity index (χ2v) is 5.72. The maximum absolute atomic E-state index is 12.6. The molecule has 0 bridgehead atoms. The lowest BCUT2D eigenvalue weighted by Gasteiger charge is -2.16. The Labute approximate surface area is 132 Å². The summed E-state index contributed by atoms with van der Waals surface area (Å²) in [6, 6.07) is 19.5. The molecule has 0 aliphatic rings.